The Morgan fingerprint density at radius 3 is 2.50 bits per heavy atom. The third kappa shape index (κ3) is 2.21. The zero-order valence-electron chi connectivity index (χ0n) is 10.4. The summed E-state index contributed by atoms with van der Waals surface area (Å²) < 4.78 is 0. The molecule has 1 aromatic rings. The highest BCUT2D eigenvalue weighted by Gasteiger charge is 2.22. The summed E-state index contributed by atoms with van der Waals surface area (Å²) in [6, 6.07) is 6.06. The van der Waals surface area contributed by atoms with Gasteiger partial charge in [0, 0.05) is 23.2 Å². The van der Waals surface area contributed by atoms with Crippen LogP contribution in [0.1, 0.15) is 38.6 Å². The maximum absolute atomic E-state index is 4.69. The van der Waals surface area contributed by atoms with Gasteiger partial charge in [-0.05, 0) is 19.1 Å². The summed E-state index contributed by atoms with van der Waals surface area (Å²) in [5.41, 5.74) is 4.44. The minimum atomic E-state index is 0.155. The van der Waals surface area contributed by atoms with E-state index in [2.05, 4.69) is 36.8 Å². The molecule has 0 aliphatic carbocycles. The van der Waals surface area contributed by atoms with E-state index >= 15 is 0 Å². The molecule has 16 heavy (non-hydrogen) atoms. The molecule has 0 unspecified atom stereocenters. The maximum Gasteiger partial charge on any atom is 0.0886 e. The van der Waals surface area contributed by atoms with Crippen molar-refractivity contribution in [3.8, 4) is 0 Å². The third-order valence-electron chi connectivity index (χ3n) is 2.76. The summed E-state index contributed by atoms with van der Waals surface area (Å²) in [4.78, 5) is 9.18. The molecule has 2 heterocycles. The Kier molecular flexibility index (Phi) is 2.66. The van der Waals surface area contributed by atoms with Crippen molar-refractivity contribution in [3.63, 3.8) is 0 Å². The van der Waals surface area contributed by atoms with Gasteiger partial charge in [-0.15, -0.1) is 0 Å². The van der Waals surface area contributed by atoms with Crippen LogP contribution in [0.25, 0.3) is 5.70 Å². The number of hydrogen-bond donors (Lipinski definition) is 0. The molecule has 2 heteroatoms. The second kappa shape index (κ2) is 3.85. The van der Waals surface area contributed by atoms with E-state index in [0.717, 1.165) is 23.5 Å². The molecule has 0 N–H and O–H groups in total. The monoisotopic (exact) mass is 214 g/mol. The van der Waals surface area contributed by atoms with Gasteiger partial charge in [0.05, 0.1) is 11.4 Å². The summed E-state index contributed by atoms with van der Waals surface area (Å²) in [5, 5.41) is 0. The van der Waals surface area contributed by atoms with Crippen LogP contribution < -0.4 is 0 Å². The van der Waals surface area contributed by atoms with E-state index in [1.165, 1.54) is 5.71 Å². The average molecular weight is 214 g/mol. The fourth-order valence-corrected chi connectivity index (χ4v) is 1.75. The van der Waals surface area contributed by atoms with E-state index in [9.17, 15) is 0 Å². The minimum Gasteiger partial charge on any atom is -0.255 e. The van der Waals surface area contributed by atoms with Crippen LogP contribution >= 0.6 is 0 Å². The summed E-state index contributed by atoms with van der Waals surface area (Å²) >= 11 is 0. The Bertz CT molecular complexity index is 462. The number of pyridine rings is 1. The van der Waals surface area contributed by atoms with Crippen LogP contribution in [0.4, 0.5) is 0 Å². The Morgan fingerprint density at radius 2 is 1.94 bits per heavy atom. The van der Waals surface area contributed by atoms with Gasteiger partial charge >= 0.3 is 0 Å². The molecule has 2 rings (SSSR count). The van der Waals surface area contributed by atoms with Gasteiger partial charge in [0.15, 0.2) is 0 Å². The molecule has 1 aromatic heterocycles. The maximum atomic E-state index is 4.69. The number of nitrogens with zero attached hydrogens (tertiary/aromatic N) is 2. The van der Waals surface area contributed by atoms with Crippen molar-refractivity contribution in [2.24, 2.45) is 10.4 Å². The van der Waals surface area contributed by atoms with Crippen molar-refractivity contribution in [2.45, 2.75) is 34.1 Å². The molecule has 1 aliphatic rings. The molecule has 0 bridgehead atoms. The largest absolute Gasteiger partial charge is 0.255 e. The fourth-order valence-electron chi connectivity index (χ4n) is 1.75. The Labute approximate surface area is 97.1 Å². The second-order valence-electron chi connectivity index (χ2n) is 5.27. The number of allylic oxidation sites excluding steroid dienone is 1. The fraction of sp³-hybridized carbons (Fsp3) is 0.429. The number of rotatable bonds is 1. The van der Waals surface area contributed by atoms with E-state index in [1.54, 1.807) is 0 Å². The molecule has 0 saturated carbocycles. The molecule has 0 atom stereocenters. The van der Waals surface area contributed by atoms with Crippen molar-refractivity contribution in [2.75, 3.05) is 0 Å². The van der Waals surface area contributed by atoms with E-state index in [4.69, 9.17) is 0 Å². The molecule has 0 radical (unpaired) electrons. The van der Waals surface area contributed by atoms with Gasteiger partial charge in [0.2, 0.25) is 0 Å². The molecule has 0 saturated heterocycles. The molecular weight excluding hydrogens is 196 g/mol. The first-order valence-electron chi connectivity index (χ1n) is 5.69. The highest BCUT2D eigenvalue weighted by molar-refractivity contribution is 5.98. The molecule has 0 aromatic carbocycles. The van der Waals surface area contributed by atoms with Crippen molar-refractivity contribution >= 4 is 11.4 Å². The molecule has 2 nitrogen and oxygen atoms in total. The standard InChI is InChI=1S/C14H18N2/c1-10-6-5-7-11(15-10)12-8-9-13(16-12)14(2,3)4/h5-8H,9H2,1-4H3. The van der Waals surface area contributed by atoms with Crippen LogP contribution in [-0.4, -0.2) is 10.7 Å². The summed E-state index contributed by atoms with van der Waals surface area (Å²) in [6.45, 7) is 8.61. The number of aryl methyl sites for hydroxylation is 1. The third-order valence-corrected chi connectivity index (χ3v) is 2.76. The van der Waals surface area contributed by atoms with E-state index < -0.39 is 0 Å². The van der Waals surface area contributed by atoms with Crippen LogP contribution in [0.2, 0.25) is 0 Å². The lowest BCUT2D eigenvalue weighted by Gasteiger charge is -2.17. The molecular formula is C14H18N2. The smallest absolute Gasteiger partial charge is 0.0886 e. The molecule has 1 aliphatic heterocycles. The van der Waals surface area contributed by atoms with Gasteiger partial charge in [-0.25, -0.2) is 0 Å². The van der Waals surface area contributed by atoms with Crippen LogP contribution in [-0.2, 0) is 0 Å². The molecule has 0 amide bonds. The number of aliphatic imine (C=N–C) groups is 1. The van der Waals surface area contributed by atoms with E-state index in [1.807, 2.05) is 25.1 Å². The lowest BCUT2D eigenvalue weighted by atomic mass is 9.89. The Hall–Kier alpha value is -1.44. The van der Waals surface area contributed by atoms with Gasteiger partial charge < -0.3 is 0 Å². The summed E-state index contributed by atoms with van der Waals surface area (Å²) in [6.07, 6.45) is 3.12. The molecule has 0 fully saturated rings. The minimum absolute atomic E-state index is 0.155. The van der Waals surface area contributed by atoms with Crippen molar-refractivity contribution in [1.82, 2.24) is 4.98 Å². The van der Waals surface area contributed by atoms with Crippen LogP contribution in [0.15, 0.2) is 29.3 Å². The predicted octanol–water partition coefficient (Wildman–Crippen LogP) is 3.62. The average Bonchev–Trinajstić information content (AvgIpc) is 2.65. The zero-order valence-corrected chi connectivity index (χ0v) is 10.4. The van der Waals surface area contributed by atoms with Crippen LogP contribution in [0.3, 0.4) is 0 Å². The normalized spacial score (nSPS) is 16.0. The first kappa shape index (κ1) is 11.1. The summed E-state index contributed by atoms with van der Waals surface area (Å²) in [5.74, 6) is 0. The highest BCUT2D eigenvalue weighted by Crippen LogP contribution is 2.28. The van der Waals surface area contributed by atoms with Crippen LogP contribution in [0.5, 0.6) is 0 Å². The highest BCUT2D eigenvalue weighted by atomic mass is 14.9. The molecule has 84 valence electrons. The topological polar surface area (TPSA) is 25.2 Å². The number of aromatic nitrogens is 1. The van der Waals surface area contributed by atoms with Gasteiger partial charge in [-0.3, -0.25) is 9.98 Å². The van der Waals surface area contributed by atoms with Crippen LogP contribution in [0, 0.1) is 12.3 Å². The van der Waals surface area contributed by atoms with E-state index in [0.29, 0.717) is 0 Å². The van der Waals surface area contributed by atoms with E-state index in [-0.39, 0.29) is 5.41 Å². The Balaban J connectivity index is 2.29. The lowest BCUT2D eigenvalue weighted by molar-refractivity contribution is 0.585. The Morgan fingerprint density at radius 1 is 1.19 bits per heavy atom. The van der Waals surface area contributed by atoms with Gasteiger partial charge in [-0.1, -0.05) is 32.9 Å². The first-order chi connectivity index (χ1) is 7.47. The van der Waals surface area contributed by atoms with Gasteiger partial charge in [-0.2, -0.15) is 0 Å². The van der Waals surface area contributed by atoms with Gasteiger partial charge in [0.1, 0.15) is 0 Å². The van der Waals surface area contributed by atoms with Crippen molar-refractivity contribution in [1.29, 1.82) is 0 Å². The first-order valence-corrected chi connectivity index (χ1v) is 5.69. The van der Waals surface area contributed by atoms with Crippen molar-refractivity contribution < 1.29 is 0 Å². The van der Waals surface area contributed by atoms with Crippen molar-refractivity contribution in [3.05, 3.63) is 35.7 Å². The lowest BCUT2D eigenvalue weighted by Crippen LogP contribution is -2.17. The summed E-state index contributed by atoms with van der Waals surface area (Å²) in [7, 11) is 0. The SMILES string of the molecule is Cc1cccc(C2=CCC(C(C)(C)C)=N2)n1. The quantitative estimate of drug-likeness (QED) is 0.701. The molecule has 0 spiro atoms. The zero-order chi connectivity index (χ0) is 11.8. The number of hydrogen-bond acceptors (Lipinski definition) is 2. The second-order valence-corrected chi connectivity index (χ2v) is 5.27. The predicted molar refractivity (Wildman–Crippen MR) is 68.5 cm³/mol. The van der Waals surface area contributed by atoms with Gasteiger partial charge in [0.25, 0.3) is 0 Å².